The van der Waals surface area contributed by atoms with E-state index in [1.54, 1.807) is 12.1 Å². The first-order chi connectivity index (χ1) is 9.69. The fraction of sp³-hybridized carbons (Fsp3) is 0.133. The molecule has 5 heteroatoms. The van der Waals surface area contributed by atoms with Crippen molar-refractivity contribution >= 4 is 28.3 Å². The van der Waals surface area contributed by atoms with Gasteiger partial charge in [-0.25, -0.2) is 4.98 Å². The zero-order valence-corrected chi connectivity index (χ0v) is 11.5. The quantitative estimate of drug-likeness (QED) is 0.728. The van der Waals surface area contributed by atoms with Crippen molar-refractivity contribution in [3.63, 3.8) is 0 Å². The molecule has 0 aliphatic heterocycles. The summed E-state index contributed by atoms with van der Waals surface area (Å²) in [5.74, 6) is 0.615. The number of para-hydroxylation sites is 2. The van der Waals surface area contributed by atoms with Crippen LogP contribution in [0.15, 0.2) is 42.5 Å². The maximum atomic E-state index is 9.48. The van der Waals surface area contributed by atoms with Crippen LogP contribution in [0.3, 0.4) is 0 Å². The van der Waals surface area contributed by atoms with Gasteiger partial charge in [-0.1, -0.05) is 23.7 Å². The molecule has 3 aromatic rings. The summed E-state index contributed by atoms with van der Waals surface area (Å²) in [7, 11) is 0. The zero-order chi connectivity index (χ0) is 14.1. The van der Waals surface area contributed by atoms with Crippen LogP contribution in [-0.4, -0.2) is 14.7 Å². The third-order valence-corrected chi connectivity index (χ3v) is 3.64. The van der Waals surface area contributed by atoms with Gasteiger partial charge >= 0.3 is 0 Å². The van der Waals surface area contributed by atoms with E-state index in [1.807, 2.05) is 34.9 Å². The molecule has 3 N–H and O–H groups in total. The van der Waals surface area contributed by atoms with E-state index >= 15 is 0 Å². The van der Waals surface area contributed by atoms with Crippen molar-refractivity contribution in [1.29, 1.82) is 0 Å². The van der Waals surface area contributed by atoms with Crippen molar-refractivity contribution in [2.45, 2.75) is 13.2 Å². The molecule has 0 fully saturated rings. The first-order valence-electron chi connectivity index (χ1n) is 6.28. The number of nitrogens with zero attached hydrogens (tertiary/aromatic N) is 2. The monoisotopic (exact) mass is 287 g/mol. The molecule has 1 aromatic heterocycles. The summed E-state index contributed by atoms with van der Waals surface area (Å²) in [6, 6.07) is 13.2. The van der Waals surface area contributed by atoms with Crippen molar-refractivity contribution in [2.24, 2.45) is 0 Å². The summed E-state index contributed by atoms with van der Waals surface area (Å²) in [5.41, 5.74) is 9.21. The van der Waals surface area contributed by atoms with E-state index in [4.69, 9.17) is 17.3 Å². The standard InChI is InChI=1S/C15H14ClN3O/c16-12-6-5-11(17)7-10(12)8-19-14-4-2-1-3-13(14)18-15(19)9-20/h1-7,20H,8-9,17H2. The van der Waals surface area contributed by atoms with Crippen molar-refractivity contribution in [1.82, 2.24) is 9.55 Å². The van der Waals surface area contributed by atoms with E-state index < -0.39 is 0 Å². The summed E-state index contributed by atoms with van der Waals surface area (Å²) < 4.78 is 1.95. The highest BCUT2D eigenvalue weighted by molar-refractivity contribution is 6.31. The number of nitrogen functional groups attached to an aromatic ring is 1. The average molecular weight is 288 g/mol. The Kier molecular flexibility index (Phi) is 3.34. The normalized spacial score (nSPS) is 11.1. The second-order valence-electron chi connectivity index (χ2n) is 4.61. The Hall–Kier alpha value is -2.04. The highest BCUT2D eigenvalue weighted by Crippen LogP contribution is 2.23. The number of rotatable bonds is 3. The zero-order valence-electron chi connectivity index (χ0n) is 10.8. The maximum absolute atomic E-state index is 9.48. The predicted octanol–water partition coefficient (Wildman–Crippen LogP) is 2.81. The van der Waals surface area contributed by atoms with Crippen LogP contribution in [-0.2, 0) is 13.2 Å². The molecular formula is C15H14ClN3O. The van der Waals surface area contributed by atoms with Gasteiger partial charge in [0, 0.05) is 10.7 Å². The van der Waals surface area contributed by atoms with E-state index in [-0.39, 0.29) is 6.61 Å². The molecule has 0 saturated heterocycles. The molecule has 0 bridgehead atoms. The molecule has 0 spiro atoms. The molecule has 4 nitrogen and oxygen atoms in total. The van der Waals surface area contributed by atoms with Crippen LogP contribution >= 0.6 is 11.6 Å². The number of aromatic nitrogens is 2. The van der Waals surface area contributed by atoms with Crippen LogP contribution in [0.5, 0.6) is 0 Å². The molecule has 0 saturated carbocycles. The molecule has 0 aliphatic carbocycles. The summed E-state index contributed by atoms with van der Waals surface area (Å²) in [5, 5.41) is 10.1. The highest BCUT2D eigenvalue weighted by atomic mass is 35.5. The van der Waals surface area contributed by atoms with Crippen LogP contribution in [0.2, 0.25) is 5.02 Å². The van der Waals surface area contributed by atoms with E-state index in [9.17, 15) is 5.11 Å². The summed E-state index contributed by atoms with van der Waals surface area (Å²) in [6.45, 7) is 0.412. The lowest BCUT2D eigenvalue weighted by Crippen LogP contribution is -2.06. The first-order valence-corrected chi connectivity index (χ1v) is 6.65. The van der Waals surface area contributed by atoms with E-state index in [1.165, 1.54) is 0 Å². The van der Waals surface area contributed by atoms with Crippen LogP contribution in [0.25, 0.3) is 11.0 Å². The van der Waals surface area contributed by atoms with Gasteiger partial charge in [0.25, 0.3) is 0 Å². The minimum atomic E-state index is -0.116. The Labute approximate surface area is 121 Å². The number of benzene rings is 2. The third kappa shape index (κ3) is 2.24. The smallest absolute Gasteiger partial charge is 0.136 e. The van der Waals surface area contributed by atoms with Crippen LogP contribution in [0.1, 0.15) is 11.4 Å². The van der Waals surface area contributed by atoms with Gasteiger partial charge in [-0.2, -0.15) is 0 Å². The molecule has 102 valence electrons. The number of hydrogen-bond donors (Lipinski definition) is 2. The first kappa shape index (κ1) is 13.0. The summed E-state index contributed by atoms with van der Waals surface area (Å²) in [4.78, 5) is 4.42. The molecule has 0 aliphatic rings. The number of aliphatic hydroxyl groups excluding tert-OH is 1. The minimum Gasteiger partial charge on any atom is -0.399 e. The lowest BCUT2D eigenvalue weighted by atomic mass is 10.2. The van der Waals surface area contributed by atoms with Gasteiger partial charge < -0.3 is 15.4 Å². The highest BCUT2D eigenvalue weighted by Gasteiger charge is 2.11. The number of nitrogens with two attached hydrogens (primary N) is 1. The lowest BCUT2D eigenvalue weighted by Gasteiger charge is -2.10. The Bertz CT molecular complexity index is 767. The van der Waals surface area contributed by atoms with Gasteiger partial charge in [-0.05, 0) is 35.9 Å². The van der Waals surface area contributed by atoms with Gasteiger partial charge in [0.15, 0.2) is 0 Å². The molecule has 1 heterocycles. The van der Waals surface area contributed by atoms with Crippen LogP contribution < -0.4 is 5.73 Å². The maximum Gasteiger partial charge on any atom is 0.136 e. The van der Waals surface area contributed by atoms with Gasteiger partial charge in [0.05, 0.1) is 17.6 Å². The number of halogens is 1. The largest absolute Gasteiger partial charge is 0.399 e. The fourth-order valence-electron chi connectivity index (χ4n) is 2.31. The Morgan fingerprint density at radius 2 is 2.00 bits per heavy atom. The summed E-state index contributed by atoms with van der Waals surface area (Å²) in [6.07, 6.45) is 0. The number of hydrogen-bond acceptors (Lipinski definition) is 3. The second kappa shape index (κ2) is 5.15. The SMILES string of the molecule is Nc1ccc(Cl)c(Cn2c(CO)nc3ccccc32)c1. The minimum absolute atomic E-state index is 0.116. The molecule has 2 aromatic carbocycles. The third-order valence-electron chi connectivity index (χ3n) is 3.27. The predicted molar refractivity (Wildman–Crippen MR) is 80.6 cm³/mol. The lowest BCUT2D eigenvalue weighted by molar-refractivity contribution is 0.267. The van der Waals surface area contributed by atoms with Gasteiger partial charge in [0.2, 0.25) is 0 Å². The number of imidazole rings is 1. The second-order valence-corrected chi connectivity index (χ2v) is 5.02. The molecular weight excluding hydrogens is 274 g/mol. The van der Waals surface area contributed by atoms with Crippen LogP contribution in [0, 0.1) is 0 Å². The number of aliphatic hydroxyl groups is 1. The van der Waals surface area contributed by atoms with Gasteiger partial charge in [0.1, 0.15) is 12.4 Å². The average Bonchev–Trinajstić information content (AvgIpc) is 2.81. The Morgan fingerprint density at radius 3 is 2.80 bits per heavy atom. The number of anilines is 1. The van der Waals surface area contributed by atoms with Gasteiger partial charge in [-0.3, -0.25) is 0 Å². The Morgan fingerprint density at radius 1 is 1.20 bits per heavy atom. The van der Waals surface area contributed by atoms with E-state index in [0.717, 1.165) is 16.6 Å². The van der Waals surface area contributed by atoms with Crippen molar-refractivity contribution < 1.29 is 5.11 Å². The fourth-order valence-corrected chi connectivity index (χ4v) is 2.49. The molecule has 0 amide bonds. The topological polar surface area (TPSA) is 64.1 Å². The molecule has 3 rings (SSSR count). The molecule has 0 radical (unpaired) electrons. The molecule has 0 unspecified atom stereocenters. The Balaban J connectivity index is 2.12. The molecule has 0 atom stereocenters. The van der Waals surface area contributed by atoms with Crippen molar-refractivity contribution in [3.05, 3.63) is 58.9 Å². The van der Waals surface area contributed by atoms with Crippen molar-refractivity contribution in [3.8, 4) is 0 Å². The van der Waals surface area contributed by atoms with E-state index in [2.05, 4.69) is 4.98 Å². The van der Waals surface area contributed by atoms with Gasteiger partial charge in [-0.15, -0.1) is 0 Å². The number of fused-ring (bicyclic) bond motifs is 1. The molecule has 20 heavy (non-hydrogen) atoms. The van der Waals surface area contributed by atoms with E-state index in [0.29, 0.717) is 23.1 Å². The summed E-state index contributed by atoms with van der Waals surface area (Å²) >= 11 is 6.21. The van der Waals surface area contributed by atoms with Crippen molar-refractivity contribution in [2.75, 3.05) is 5.73 Å². The van der Waals surface area contributed by atoms with Crippen LogP contribution in [0.4, 0.5) is 5.69 Å².